The Morgan fingerprint density at radius 3 is 2.76 bits per heavy atom. The van der Waals surface area contributed by atoms with Crippen LogP contribution in [-0.4, -0.2) is 32.1 Å². The molecule has 0 spiro atoms. The summed E-state index contributed by atoms with van der Waals surface area (Å²) in [5.74, 6) is -0.423. The third-order valence-corrected chi connectivity index (χ3v) is 3.26. The van der Waals surface area contributed by atoms with Crippen molar-refractivity contribution in [2.24, 2.45) is 5.92 Å². The molecule has 1 fully saturated rings. The van der Waals surface area contributed by atoms with Crippen molar-refractivity contribution in [2.75, 3.05) is 0 Å². The number of aromatic nitrogens is 2. The highest BCUT2D eigenvalue weighted by Crippen LogP contribution is 2.43. The molecule has 17 heavy (non-hydrogen) atoms. The van der Waals surface area contributed by atoms with Gasteiger partial charge < -0.3 is 10.2 Å². The van der Waals surface area contributed by atoms with Crippen molar-refractivity contribution in [3.63, 3.8) is 0 Å². The molecule has 1 saturated carbocycles. The molecular weight excluding hydrogens is 220 g/mol. The summed E-state index contributed by atoms with van der Waals surface area (Å²) in [7, 11) is 0. The molecule has 5 nitrogen and oxygen atoms in total. The summed E-state index contributed by atoms with van der Waals surface area (Å²) < 4.78 is 1.77. The fourth-order valence-electron chi connectivity index (χ4n) is 2.33. The van der Waals surface area contributed by atoms with Gasteiger partial charge in [-0.05, 0) is 24.8 Å². The van der Waals surface area contributed by atoms with Crippen LogP contribution in [0.15, 0.2) is 12.3 Å². The molecular formula is C12H18N2O3. The van der Waals surface area contributed by atoms with E-state index in [1.807, 2.05) is 6.20 Å². The number of hydrogen-bond acceptors (Lipinski definition) is 3. The monoisotopic (exact) mass is 238 g/mol. The zero-order chi connectivity index (χ0) is 12.6. The van der Waals surface area contributed by atoms with Crippen LogP contribution in [0.5, 0.6) is 0 Å². The molecule has 2 rings (SSSR count). The Kier molecular flexibility index (Phi) is 2.95. The van der Waals surface area contributed by atoms with Crippen molar-refractivity contribution in [3.05, 3.63) is 18.0 Å². The summed E-state index contributed by atoms with van der Waals surface area (Å²) in [5.41, 5.74) is -0.405. The van der Waals surface area contributed by atoms with Gasteiger partial charge in [-0.1, -0.05) is 13.8 Å². The molecule has 1 aromatic heterocycles. The van der Waals surface area contributed by atoms with Gasteiger partial charge in [-0.2, -0.15) is 5.10 Å². The fourth-order valence-corrected chi connectivity index (χ4v) is 2.33. The molecule has 1 aliphatic carbocycles. The minimum Gasteiger partial charge on any atom is -0.481 e. The molecule has 0 bridgehead atoms. The third-order valence-electron chi connectivity index (χ3n) is 3.26. The molecule has 0 saturated heterocycles. The average molecular weight is 238 g/mol. The first kappa shape index (κ1) is 12.1. The predicted molar refractivity (Wildman–Crippen MR) is 61.6 cm³/mol. The summed E-state index contributed by atoms with van der Waals surface area (Å²) in [6, 6.07) is 1.75. The number of aliphatic hydroxyl groups excluding tert-OH is 1. The lowest BCUT2D eigenvalue weighted by Crippen LogP contribution is -2.50. The van der Waals surface area contributed by atoms with Crippen LogP contribution in [0.3, 0.4) is 0 Å². The van der Waals surface area contributed by atoms with E-state index in [-0.39, 0.29) is 12.8 Å². The van der Waals surface area contributed by atoms with Gasteiger partial charge in [0.05, 0.1) is 11.8 Å². The zero-order valence-corrected chi connectivity index (χ0v) is 10.1. The largest absolute Gasteiger partial charge is 0.481 e. The lowest BCUT2D eigenvalue weighted by Gasteiger charge is -2.40. The van der Waals surface area contributed by atoms with Crippen LogP contribution in [0.1, 0.15) is 32.4 Å². The molecule has 0 amide bonds. The number of aliphatic hydroxyl groups is 1. The number of aliphatic carboxylic acids is 1. The predicted octanol–water partition coefficient (Wildman–Crippen LogP) is 1.02. The summed E-state index contributed by atoms with van der Waals surface area (Å²) in [6.07, 6.45) is 1.83. The number of rotatable bonds is 4. The van der Waals surface area contributed by atoms with Gasteiger partial charge in [0, 0.05) is 12.7 Å². The summed E-state index contributed by atoms with van der Waals surface area (Å²) >= 11 is 0. The molecule has 0 aliphatic heterocycles. The van der Waals surface area contributed by atoms with Crippen molar-refractivity contribution < 1.29 is 15.0 Å². The van der Waals surface area contributed by atoms with Gasteiger partial charge >= 0.3 is 5.97 Å². The van der Waals surface area contributed by atoms with Crippen LogP contribution in [0, 0.1) is 5.92 Å². The highest BCUT2D eigenvalue weighted by molar-refractivity contribution is 5.82. The molecule has 0 atom stereocenters. The zero-order valence-electron chi connectivity index (χ0n) is 10.1. The second kappa shape index (κ2) is 4.14. The van der Waals surface area contributed by atoms with Crippen LogP contribution in [0.2, 0.25) is 0 Å². The smallest absolute Gasteiger partial charge is 0.316 e. The summed E-state index contributed by atoms with van der Waals surface area (Å²) in [4.78, 5) is 11.3. The molecule has 1 aliphatic rings. The highest BCUT2D eigenvalue weighted by Gasteiger charge is 2.53. The summed E-state index contributed by atoms with van der Waals surface area (Å²) in [5, 5.41) is 23.0. The average Bonchev–Trinajstić information content (AvgIpc) is 2.59. The lowest BCUT2D eigenvalue weighted by atomic mass is 9.65. The van der Waals surface area contributed by atoms with Gasteiger partial charge in [0.2, 0.25) is 0 Å². The van der Waals surface area contributed by atoms with E-state index in [1.165, 1.54) is 0 Å². The minimum atomic E-state index is -0.971. The van der Waals surface area contributed by atoms with E-state index in [2.05, 4.69) is 18.9 Å². The highest BCUT2D eigenvalue weighted by atomic mass is 16.4. The van der Waals surface area contributed by atoms with Crippen molar-refractivity contribution >= 4 is 5.97 Å². The Labute approximate surface area is 100 Å². The van der Waals surface area contributed by atoms with E-state index in [9.17, 15) is 15.0 Å². The molecule has 1 aromatic rings. The van der Waals surface area contributed by atoms with Crippen molar-refractivity contribution in [3.8, 4) is 0 Å². The first-order valence-corrected chi connectivity index (χ1v) is 5.89. The van der Waals surface area contributed by atoms with E-state index in [0.717, 1.165) is 6.54 Å². The maximum Gasteiger partial charge on any atom is 0.316 e. The summed E-state index contributed by atoms with van der Waals surface area (Å²) in [6.45, 7) is 4.95. The van der Waals surface area contributed by atoms with E-state index in [1.54, 1.807) is 10.7 Å². The van der Waals surface area contributed by atoms with Crippen LogP contribution in [-0.2, 0) is 16.8 Å². The van der Waals surface area contributed by atoms with Crippen LogP contribution in [0.25, 0.3) is 0 Å². The van der Waals surface area contributed by atoms with E-state index in [4.69, 9.17) is 0 Å². The maximum absolute atomic E-state index is 11.3. The number of carbonyl (C=O) groups is 1. The standard InChI is InChI=1S/C12H18N2O3/c1-8(2)7-14-4-3-10(13-14)12(11(16)17)5-9(15)6-12/h3-4,8-9,15H,5-7H2,1-2H3,(H,16,17). The Morgan fingerprint density at radius 1 is 1.65 bits per heavy atom. The molecule has 0 unspecified atom stereocenters. The van der Waals surface area contributed by atoms with Gasteiger partial charge in [0.1, 0.15) is 5.41 Å². The van der Waals surface area contributed by atoms with Gasteiger partial charge in [-0.25, -0.2) is 0 Å². The third kappa shape index (κ3) is 2.07. The van der Waals surface area contributed by atoms with E-state index in [0.29, 0.717) is 11.6 Å². The van der Waals surface area contributed by atoms with Crippen LogP contribution in [0.4, 0.5) is 0 Å². The Hall–Kier alpha value is -1.36. The lowest BCUT2D eigenvalue weighted by molar-refractivity contribution is -0.153. The van der Waals surface area contributed by atoms with Gasteiger partial charge in [-0.3, -0.25) is 9.48 Å². The second-order valence-electron chi connectivity index (χ2n) is 5.27. The van der Waals surface area contributed by atoms with E-state index >= 15 is 0 Å². The SMILES string of the molecule is CC(C)Cn1ccc(C2(C(=O)O)CC(O)C2)n1. The Bertz CT molecular complexity index is 419. The maximum atomic E-state index is 11.3. The normalized spacial score (nSPS) is 28.1. The second-order valence-corrected chi connectivity index (χ2v) is 5.27. The minimum absolute atomic E-state index is 0.265. The van der Waals surface area contributed by atoms with Crippen molar-refractivity contribution in [2.45, 2.75) is 44.8 Å². The first-order chi connectivity index (χ1) is 7.94. The van der Waals surface area contributed by atoms with Crippen LogP contribution < -0.4 is 0 Å². The van der Waals surface area contributed by atoms with E-state index < -0.39 is 17.5 Å². The molecule has 94 valence electrons. The van der Waals surface area contributed by atoms with Crippen molar-refractivity contribution in [1.82, 2.24) is 9.78 Å². The molecule has 5 heteroatoms. The number of nitrogens with zero attached hydrogens (tertiary/aromatic N) is 2. The Morgan fingerprint density at radius 2 is 2.29 bits per heavy atom. The molecule has 0 radical (unpaired) electrons. The molecule has 0 aromatic carbocycles. The quantitative estimate of drug-likeness (QED) is 0.821. The van der Waals surface area contributed by atoms with Gasteiger partial charge in [0.15, 0.2) is 0 Å². The number of hydrogen-bond donors (Lipinski definition) is 2. The topological polar surface area (TPSA) is 75.4 Å². The van der Waals surface area contributed by atoms with Gasteiger partial charge in [-0.15, -0.1) is 0 Å². The van der Waals surface area contributed by atoms with Crippen LogP contribution >= 0.6 is 0 Å². The van der Waals surface area contributed by atoms with Crippen molar-refractivity contribution in [1.29, 1.82) is 0 Å². The molecule has 1 heterocycles. The Balaban J connectivity index is 2.21. The first-order valence-electron chi connectivity index (χ1n) is 5.89. The molecule has 2 N–H and O–H groups in total. The fraction of sp³-hybridized carbons (Fsp3) is 0.667. The number of carboxylic acids is 1. The van der Waals surface area contributed by atoms with Gasteiger partial charge in [0.25, 0.3) is 0 Å². The number of carboxylic acid groups (broad SMARTS) is 1.